The molecule has 1 heterocycles. The van der Waals surface area contributed by atoms with Crippen molar-refractivity contribution in [1.82, 2.24) is 15.5 Å². The van der Waals surface area contributed by atoms with E-state index in [0.29, 0.717) is 16.8 Å². The lowest BCUT2D eigenvalue weighted by Gasteiger charge is -2.27. The smallest absolute Gasteiger partial charge is 0.251 e. The second kappa shape index (κ2) is 9.27. The number of benzene rings is 2. The predicted octanol–water partition coefficient (Wildman–Crippen LogP) is 1.17. The molecule has 1 aliphatic heterocycles. The molecule has 0 spiro atoms. The van der Waals surface area contributed by atoms with E-state index in [1.165, 1.54) is 12.1 Å². The van der Waals surface area contributed by atoms with E-state index in [9.17, 15) is 22.8 Å². The lowest BCUT2D eigenvalue weighted by molar-refractivity contribution is -0.130. The second-order valence-electron chi connectivity index (χ2n) is 7.23. The van der Waals surface area contributed by atoms with Gasteiger partial charge in [-0.25, -0.2) is 18.1 Å². The Bertz CT molecular complexity index is 1110. The number of amides is 3. The third kappa shape index (κ3) is 5.47. The van der Waals surface area contributed by atoms with Crippen LogP contribution >= 0.6 is 0 Å². The number of anilines is 1. The van der Waals surface area contributed by atoms with E-state index in [1.54, 1.807) is 31.2 Å². The van der Waals surface area contributed by atoms with Crippen LogP contribution in [-0.4, -0.2) is 39.2 Å². The maximum Gasteiger partial charge on any atom is 0.251 e. The van der Waals surface area contributed by atoms with E-state index >= 15 is 0 Å². The van der Waals surface area contributed by atoms with E-state index < -0.39 is 10.0 Å². The molecule has 2 aromatic carbocycles. The van der Waals surface area contributed by atoms with Crippen molar-refractivity contribution in [2.75, 3.05) is 18.1 Å². The van der Waals surface area contributed by atoms with Crippen molar-refractivity contribution in [1.29, 1.82) is 0 Å². The quantitative estimate of drug-likeness (QED) is 0.553. The number of aryl methyl sites for hydroxylation is 2. The van der Waals surface area contributed by atoms with Gasteiger partial charge in [0, 0.05) is 31.5 Å². The Morgan fingerprint density at radius 2 is 1.74 bits per heavy atom. The molecule has 0 unspecified atom stereocenters. The standard InChI is InChI=1S/C21H24N4O5S/c1-14-3-4-15(2)18(13-14)31(29,30)23-12-11-22-21(28)16-5-7-17(8-6-16)25-20(27)10-9-19(26)24-25/h3-8,13,23H,9-12H2,1-2H3,(H,22,28)(H,24,26). The zero-order valence-corrected chi connectivity index (χ0v) is 18.1. The van der Waals surface area contributed by atoms with Crippen molar-refractivity contribution in [3.05, 3.63) is 59.2 Å². The van der Waals surface area contributed by atoms with Gasteiger partial charge < -0.3 is 5.32 Å². The SMILES string of the molecule is Cc1ccc(C)c(S(=O)(=O)NCCNC(=O)c2ccc(N3NC(=O)CCC3=O)cc2)c1. The molecule has 3 amide bonds. The van der Waals surface area contributed by atoms with E-state index in [4.69, 9.17) is 0 Å². The second-order valence-corrected chi connectivity index (χ2v) is 8.97. The Morgan fingerprint density at radius 1 is 1.03 bits per heavy atom. The molecule has 0 atom stereocenters. The monoisotopic (exact) mass is 444 g/mol. The minimum atomic E-state index is -3.68. The van der Waals surface area contributed by atoms with Crippen molar-refractivity contribution in [3.8, 4) is 0 Å². The number of hydrogen-bond acceptors (Lipinski definition) is 5. The van der Waals surface area contributed by atoms with Gasteiger partial charge in [0.15, 0.2) is 0 Å². The van der Waals surface area contributed by atoms with Gasteiger partial charge in [0.05, 0.1) is 10.6 Å². The van der Waals surface area contributed by atoms with Crippen LogP contribution in [0.4, 0.5) is 5.69 Å². The largest absolute Gasteiger partial charge is 0.351 e. The first-order valence-electron chi connectivity index (χ1n) is 9.75. The molecule has 10 heteroatoms. The summed E-state index contributed by atoms with van der Waals surface area (Å²) in [4.78, 5) is 35.9. The van der Waals surface area contributed by atoms with E-state index in [-0.39, 0.29) is 48.5 Å². The first-order valence-corrected chi connectivity index (χ1v) is 11.2. The number of carbonyl (C=O) groups excluding carboxylic acids is 3. The third-order valence-electron chi connectivity index (χ3n) is 4.78. The lowest BCUT2D eigenvalue weighted by atomic mass is 10.1. The van der Waals surface area contributed by atoms with Gasteiger partial charge in [-0.05, 0) is 55.3 Å². The molecule has 164 valence electrons. The van der Waals surface area contributed by atoms with Gasteiger partial charge >= 0.3 is 0 Å². The molecule has 1 aliphatic rings. The van der Waals surface area contributed by atoms with E-state index in [0.717, 1.165) is 10.6 Å². The van der Waals surface area contributed by atoms with Crippen molar-refractivity contribution in [2.24, 2.45) is 0 Å². The van der Waals surface area contributed by atoms with Crippen LogP contribution in [0.5, 0.6) is 0 Å². The number of carbonyl (C=O) groups is 3. The highest BCUT2D eigenvalue weighted by Crippen LogP contribution is 2.18. The van der Waals surface area contributed by atoms with E-state index in [1.807, 2.05) is 13.0 Å². The fourth-order valence-corrected chi connectivity index (χ4v) is 4.44. The highest BCUT2D eigenvalue weighted by molar-refractivity contribution is 7.89. The number of hydrogen-bond donors (Lipinski definition) is 3. The van der Waals surface area contributed by atoms with Crippen LogP contribution < -0.4 is 20.5 Å². The zero-order chi connectivity index (χ0) is 22.6. The van der Waals surface area contributed by atoms with Crippen LogP contribution in [0.1, 0.15) is 34.3 Å². The molecular formula is C21H24N4O5S. The Balaban J connectivity index is 1.53. The summed E-state index contributed by atoms with van der Waals surface area (Å²) in [5.41, 5.74) is 4.77. The summed E-state index contributed by atoms with van der Waals surface area (Å²) in [6.07, 6.45) is 0.287. The molecule has 9 nitrogen and oxygen atoms in total. The number of rotatable bonds is 7. The number of nitrogens with one attached hydrogen (secondary N) is 3. The zero-order valence-electron chi connectivity index (χ0n) is 17.3. The Kier molecular flexibility index (Phi) is 6.71. The van der Waals surface area contributed by atoms with Crippen molar-refractivity contribution < 1.29 is 22.8 Å². The summed E-state index contributed by atoms with van der Waals surface area (Å²) < 4.78 is 27.4. The fourth-order valence-electron chi connectivity index (χ4n) is 3.08. The molecule has 3 rings (SSSR count). The average molecular weight is 445 g/mol. The summed E-state index contributed by atoms with van der Waals surface area (Å²) in [5, 5.41) is 3.81. The van der Waals surface area contributed by atoms with Crippen LogP contribution in [0.2, 0.25) is 0 Å². The summed E-state index contributed by atoms with van der Waals surface area (Å²) in [7, 11) is -3.68. The highest BCUT2D eigenvalue weighted by Gasteiger charge is 2.24. The maximum atomic E-state index is 12.5. The first-order chi connectivity index (χ1) is 14.7. The molecule has 0 aromatic heterocycles. The van der Waals surface area contributed by atoms with Gasteiger partial charge in [-0.1, -0.05) is 12.1 Å². The van der Waals surface area contributed by atoms with Crippen molar-refractivity contribution in [3.63, 3.8) is 0 Å². The molecular weight excluding hydrogens is 420 g/mol. The maximum absolute atomic E-state index is 12.5. The lowest BCUT2D eigenvalue weighted by Crippen LogP contribution is -2.50. The van der Waals surface area contributed by atoms with Gasteiger partial charge in [-0.3, -0.25) is 19.8 Å². The number of sulfonamides is 1. The topological polar surface area (TPSA) is 125 Å². The molecule has 0 aliphatic carbocycles. The summed E-state index contributed by atoms with van der Waals surface area (Å²) in [6, 6.07) is 11.4. The number of hydrazine groups is 1. The normalized spacial score (nSPS) is 14.3. The van der Waals surface area contributed by atoms with E-state index in [2.05, 4.69) is 15.5 Å². The van der Waals surface area contributed by atoms with Gasteiger partial charge in [0.2, 0.25) is 21.8 Å². The molecule has 1 fully saturated rings. The minimum Gasteiger partial charge on any atom is -0.351 e. The average Bonchev–Trinajstić information content (AvgIpc) is 2.74. The van der Waals surface area contributed by atoms with Crippen LogP contribution in [0.15, 0.2) is 47.4 Å². The molecule has 0 saturated carbocycles. The Hall–Kier alpha value is -3.24. The van der Waals surface area contributed by atoms with Gasteiger partial charge in [-0.2, -0.15) is 0 Å². The summed E-state index contributed by atoms with van der Waals surface area (Å²) in [6.45, 7) is 3.68. The van der Waals surface area contributed by atoms with Gasteiger partial charge in [-0.15, -0.1) is 0 Å². The summed E-state index contributed by atoms with van der Waals surface area (Å²) in [5.74, 6) is -0.857. The highest BCUT2D eigenvalue weighted by atomic mass is 32.2. The van der Waals surface area contributed by atoms with Crippen LogP contribution in [0.25, 0.3) is 0 Å². The minimum absolute atomic E-state index is 0.0356. The predicted molar refractivity (Wildman–Crippen MR) is 115 cm³/mol. The van der Waals surface area contributed by atoms with Gasteiger partial charge in [0.1, 0.15) is 0 Å². The Morgan fingerprint density at radius 3 is 2.45 bits per heavy atom. The third-order valence-corrected chi connectivity index (χ3v) is 6.38. The molecule has 3 N–H and O–H groups in total. The number of nitrogens with zero attached hydrogens (tertiary/aromatic N) is 1. The molecule has 0 radical (unpaired) electrons. The first kappa shape index (κ1) is 22.4. The molecule has 0 bridgehead atoms. The Labute approximate surface area is 180 Å². The van der Waals surface area contributed by atoms with Gasteiger partial charge in [0.25, 0.3) is 5.91 Å². The van der Waals surface area contributed by atoms with Crippen LogP contribution in [-0.2, 0) is 19.6 Å². The molecule has 31 heavy (non-hydrogen) atoms. The van der Waals surface area contributed by atoms with Crippen molar-refractivity contribution >= 4 is 33.4 Å². The fraction of sp³-hybridized carbons (Fsp3) is 0.286. The van der Waals surface area contributed by atoms with Crippen molar-refractivity contribution in [2.45, 2.75) is 31.6 Å². The molecule has 2 aromatic rings. The molecule has 1 saturated heterocycles. The van der Waals surface area contributed by atoms with Crippen LogP contribution in [0.3, 0.4) is 0 Å². The van der Waals surface area contributed by atoms with Crippen LogP contribution in [0, 0.1) is 13.8 Å². The summed E-state index contributed by atoms with van der Waals surface area (Å²) >= 11 is 0.